The molecule has 0 aliphatic heterocycles. The van der Waals surface area contributed by atoms with Gasteiger partial charge in [-0.1, -0.05) is 0 Å². The van der Waals surface area contributed by atoms with E-state index >= 15 is 0 Å². The number of hydrogen-bond donors (Lipinski definition) is 1. The molecule has 1 aromatic heterocycles. The number of aryl methyl sites for hydroxylation is 1. The van der Waals surface area contributed by atoms with Crippen molar-refractivity contribution in [2.75, 3.05) is 0 Å². The van der Waals surface area contributed by atoms with Crippen LogP contribution in [-0.2, 0) is 11.2 Å². The summed E-state index contributed by atoms with van der Waals surface area (Å²) in [5, 5.41) is 13.1. The highest BCUT2D eigenvalue weighted by Crippen LogP contribution is 2.49. The fourth-order valence-corrected chi connectivity index (χ4v) is 2.41. The molecule has 1 aromatic rings. The van der Waals surface area contributed by atoms with Crippen molar-refractivity contribution < 1.29 is 9.90 Å². The van der Waals surface area contributed by atoms with Crippen molar-refractivity contribution in [2.24, 2.45) is 5.41 Å². The van der Waals surface area contributed by atoms with Crippen molar-refractivity contribution >= 4 is 17.3 Å². The molecule has 0 amide bonds. The van der Waals surface area contributed by atoms with Crippen LogP contribution >= 0.6 is 11.3 Å². The molecule has 3 heteroatoms. The lowest BCUT2D eigenvalue weighted by atomic mass is 9.97. The first-order valence-corrected chi connectivity index (χ1v) is 5.33. The lowest BCUT2D eigenvalue weighted by Gasteiger charge is -2.08. The molecule has 2 nitrogen and oxygen atoms in total. The Morgan fingerprint density at radius 3 is 2.69 bits per heavy atom. The number of carbonyl (C=O) groups is 1. The maximum atomic E-state index is 10.9. The van der Waals surface area contributed by atoms with E-state index in [9.17, 15) is 4.79 Å². The van der Waals surface area contributed by atoms with E-state index in [-0.39, 0.29) is 0 Å². The van der Waals surface area contributed by atoms with Gasteiger partial charge in [-0.05, 0) is 48.1 Å². The van der Waals surface area contributed by atoms with E-state index < -0.39 is 11.4 Å². The monoisotopic (exact) mass is 196 g/mol. The van der Waals surface area contributed by atoms with Crippen molar-refractivity contribution in [3.63, 3.8) is 0 Å². The molecule has 70 valence electrons. The van der Waals surface area contributed by atoms with Crippen LogP contribution in [0.25, 0.3) is 0 Å². The maximum absolute atomic E-state index is 10.9. The molecular formula is C10H12O2S. The number of thiophene rings is 1. The van der Waals surface area contributed by atoms with Crippen LogP contribution in [0, 0.1) is 12.3 Å². The highest BCUT2D eigenvalue weighted by Gasteiger charge is 2.50. The molecular weight excluding hydrogens is 184 g/mol. The molecule has 13 heavy (non-hydrogen) atoms. The largest absolute Gasteiger partial charge is 0.481 e. The van der Waals surface area contributed by atoms with Gasteiger partial charge in [0.25, 0.3) is 0 Å². The lowest BCUT2D eigenvalue weighted by Crippen LogP contribution is -2.17. The van der Waals surface area contributed by atoms with Gasteiger partial charge < -0.3 is 5.11 Å². The molecule has 1 heterocycles. The molecule has 1 saturated carbocycles. The summed E-state index contributed by atoms with van der Waals surface area (Å²) in [4.78, 5) is 10.9. The molecule has 0 spiro atoms. The Labute approximate surface area is 81.2 Å². The number of carboxylic acid groups (broad SMARTS) is 1. The Hall–Kier alpha value is -0.830. The summed E-state index contributed by atoms with van der Waals surface area (Å²) in [6.07, 6.45) is 2.41. The first-order valence-electron chi connectivity index (χ1n) is 4.39. The number of aliphatic carboxylic acids is 1. The average Bonchev–Trinajstić information content (AvgIpc) is 2.74. The zero-order valence-electron chi connectivity index (χ0n) is 7.54. The Kier molecular flexibility index (Phi) is 1.91. The van der Waals surface area contributed by atoms with Gasteiger partial charge in [0.05, 0.1) is 5.41 Å². The molecule has 0 saturated heterocycles. The molecule has 1 N–H and O–H groups in total. The fraction of sp³-hybridized carbons (Fsp3) is 0.500. The van der Waals surface area contributed by atoms with Crippen molar-refractivity contribution in [3.05, 3.63) is 21.9 Å². The van der Waals surface area contributed by atoms with Crippen molar-refractivity contribution in [3.8, 4) is 0 Å². The van der Waals surface area contributed by atoms with Gasteiger partial charge in [0.15, 0.2) is 0 Å². The highest BCUT2D eigenvalue weighted by atomic mass is 32.1. The van der Waals surface area contributed by atoms with Crippen LogP contribution in [0.4, 0.5) is 0 Å². The first-order chi connectivity index (χ1) is 6.14. The van der Waals surface area contributed by atoms with Crippen LogP contribution in [0.2, 0.25) is 0 Å². The second-order valence-corrected chi connectivity index (χ2v) is 4.59. The summed E-state index contributed by atoms with van der Waals surface area (Å²) >= 11 is 1.65. The van der Waals surface area contributed by atoms with Crippen LogP contribution < -0.4 is 0 Å². The van der Waals surface area contributed by atoms with Gasteiger partial charge in [0.1, 0.15) is 0 Å². The third-order valence-electron chi connectivity index (χ3n) is 2.80. The van der Waals surface area contributed by atoms with E-state index in [1.54, 1.807) is 11.3 Å². The number of carboxylic acids is 1. The van der Waals surface area contributed by atoms with Crippen LogP contribution in [0.15, 0.2) is 10.8 Å². The highest BCUT2D eigenvalue weighted by molar-refractivity contribution is 7.08. The predicted octanol–water partition coefficient (Wildman–Crippen LogP) is 2.46. The van der Waals surface area contributed by atoms with Crippen molar-refractivity contribution in [2.45, 2.75) is 26.2 Å². The van der Waals surface area contributed by atoms with Gasteiger partial charge in [-0.25, -0.2) is 0 Å². The normalized spacial score (nSPS) is 18.5. The maximum Gasteiger partial charge on any atom is 0.309 e. The second kappa shape index (κ2) is 2.84. The molecule has 1 aliphatic rings. The molecule has 0 radical (unpaired) electrons. The summed E-state index contributed by atoms with van der Waals surface area (Å²) < 4.78 is 0. The molecule has 0 aromatic carbocycles. The Balaban J connectivity index is 2.15. The van der Waals surface area contributed by atoms with Gasteiger partial charge in [0.2, 0.25) is 0 Å². The standard InChI is InChI=1S/C10H12O2S/c1-7-5-13-6-8(7)4-10(2-3-10)9(11)12/h5-6H,2-4H2,1H3,(H,11,12). The van der Waals surface area contributed by atoms with E-state index in [0.29, 0.717) is 0 Å². The van der Waals surface area contributed by atoms with Crippen molar-refractivity contribution in [1.29, 1.82) is 0 Å². The molecule has 0 bridgehead atoms. The van der Waals surface area contributed by atoms with Crippen LogP contribution in [0.1, 0.15) is 24.0 Å². The zero-order chi connectivity index (χ0) is 9.47. The van der Waals surface area contributed by atoms with Gasteiger partial charge in [-0.2, -0.15) is 11.3 Å². The topological polar surface area (TPSA) is 37.3 Å². The van der Waals surface area contributed by atoms with E-state index in [1.807, 2.05) is 6.92 Å². The number of rotatable bonds is 3. The second-order valence-electron chi connectivity index (χ2n) is 3.84. The van der Waals surface area contributed by atoms with Crippen LogP contribution in [0.5, 0.6) is 0 Å². The van der Waals surface area contributed by atoms with Crippen molar-refractivity contribution in [1.82, 2.24) is 0 Å². The van der Waals surface area contributed by atoms with Gasteiger partial charge in [-0.15, -0.1) is 0 Å². The minimum Gasteiger partial charge on any atom is -0.481 e. The molecule has 1 aliphatic carbocycles. The summed E-state index contributed by atoms with van der Waals surface area (Å²) in [6.45, 7) is 2.05. The first kappa shape index (κ1) is 8.75. The van der Waals surface area contributed by atoms with E-state index in [0.717, 1.165) is 19.3 Å². The van der Waals surface area contributed by atoms with E-state index in [1.165, 1.54) is 11.1 Å². The zero-order valence-corrected chi connectivity index (χ0v) is 8.36. The third kappa shape index (κ3) is 1.48. The fourth-order valence-electron chi connectivity index (χ4n) is 1.55. The molecule has 1 fully saturated rings. The minimum atomic E-state index is -0.627. The third-order valence-corrected chi connectivity index (χ3v) is 3.71. The Morgan fingerprint density at radius 2 is 2.31 bits per heavy atom. The summed E-state index contributed by atoms with van der Waals surface area (Å²) in [5.74, 6) is -0.627. The molecule has 0 unspecified atom stereocenters. The Morgan fingerprint density at radius 1 is 1.62 bits per heavy atom. The van der Waals surface area contributed by atoms with E-state index in [2.05, 4.69) is 10.8 Å². The Bertz CT molecular complexity index is 336. The van der Waals surface area contributed by atoms with Gasteiger partial charge in [-0.3, -0.25) is 4.79 Å². The smallest absolute Gasteiger partial charge is 0.309 e. The summed E-state index contributed by atoms with van der Waals surface area (Å²) in [7, 11) is 0. The van der Waals surface area contributed by atoms with Crippen LogP contribution in [-0.4, -0.2) is 11.1 Å². The average molecular weight is 196 g/mol. The lowest BCUT2D eigenvalue weighted by molar-refractivity contribution is -0.143. The molecule has 2 rings (SSSR count). The molecule has 0 atom stereocenters. The quantitative estimate of drug-likeness (QED) is 0.806. The predicted molar refractivity (Wildman–Crippen MR) is 52.1 cm³/mol. The summed E-state index contributed by atoms with van der Waals surface area (Å²) in [6, 6.07) is 0. The summed E-state index contributed by atoms with van der Waals surface area (Å²) in [5.41, 5.74) is 2.04. The van der Waals surface area contributed by atoms with E-state index in [4.69, 9.17) is 5.11 Å². The van der Waals surface area contributed by atoms with Gasteiger partial charge >= 0.3 is 5.97 Å². The SMILES string of the molecule is Cc1cscc1CC1(C(=O)O)CC1. The minimum absolute atomic E-state index is 0.411. The van der Waals surface area contributed by atoms with Crippen LogP contribution in [0.3, 0.4) is 0 Å². The van der Waals surface area contributed by atoms with Gasteiger partial charge in [0, 0.05) is 0 Å². The number of hydrogen-bond acceptors (Lipinski definition) is 2.